The molecule has 3 heteroatoms. The maximum Gasteiger partial charge on any atom is 0.224 e. The monoisotopic (exact) mass is 239 g/mol. The molecule has 1 rings (SSSR count). The Kier molecular flexibility index (Phi) is 4.00. The molecule has 0 bridgehead atoms. The molecule has 0 aliphatic heterocycles. The van der Waals surface area contributed by atoms with Crippen LogP contribution < -0.4 is 5.32 Å². The summed E-state index contributed by atoms with van der Waals surface area (Å²) in [5, 5.41) is 2.80. The number of carbonyl (C=O) groups is 2. The van der Waals surface area contributed by atoms with Gasteiger partial charge in [0.05, 0.1) is 6.54 Å². The minimum absolute atomic E-state index is 0.0464. The zero-order chi connectivity index (χ0) is 13.3. The third-order valence-corrected chi connectivity index (χ3v) is 3.83. The highest BCUT2D eigenvalue weighted by Crippen LogP contribution is 2.42. The van der Waals surface area contributed by atoms with E-state index in [1.54, 1.807) is 0 Å². The highest BCUT2D eigenvalue weighted by molar-refractivity contribution is 5.90. The van der Waals surface area contributed by atoms with Crippen LogP contribution in [0.5, 0.6) is 0 Å². The summed E-state index contributed by atoms with van der Waals surface area (Å²) in [6, 6.07) is 0. The van der Waals surface area contributed by atoms with Gasteiger partial charge in [-0.05, 0) is 18.3 Å². The van der Waals surface area contributed by atoms with Crippen LogP contribution in [-0.4, -0.2) is 18.2 Å². The number of hydrogen-bond acceptors (Lipinski definition) is 2. The molecule has 0 aromatic carbocycles. The SMILES string of the molecule is CC(C)(C)C(=O)CNC(=O)C1CCCC1(C)C. The van der Waals surface area contributed by atoms with Crippen LogP contribution >= 0.6 is 0 Å². The van der Waals surface area contributed by atoms with E-state index in [1.807, 2.05) is 20.8 Å². The minimum atomic E-state index is -0.377. The molecule has 1 aliphatic carbocycles. The molecule has 1 N–H and O–H groups in total. The third-order valence-electron chi connectivity index (χ3n) is 3.83. The van der Waals surface area contributed by atoms with Gasteiger partial charge in [-0.15, -0.1) is 0 Å². The van der Waals surface area contributed by atoms with Crippen LogP contribution in [0.15, 0.2) is 0 Å². The number of hydrogen-bond donors (Lipinski definition) is 1. The van der Waals surface area contributed by atoms with Gasteiger partial charge >= 0.3 is 0 Å². The number of amides is 1. The van der Waals surface area contributed by atoms with Crippen molar-refractivity contribution in [3.05, 3.63) is 0 Å². The molecular weight excluding hydrogens is 214 g/mol. The first kappa shape index (κ1) is 14.2. The largest absolute Gasteiger partial charge is 0.349 e. The van der Waals surface area contributed by atoms with E-state index in [0.717, 1.165) is 19.3 Å². The molecule has 0 spiro atoms. The Balaban J connectivity index is 2.49. The lowest BCUT2D eigenvalue weighted by atomic mass is 9.81. The van der Waals surface area contributed by atoms with E-state index < -0.39 is 0 Å². The Morgan fingerprint density at radius 3 is 2.29 bits per heavy atom. The van der Waals surface area contributed by atoms with Crippen molar-refractivity contribution in [1.82, 2.24) is 5.32 Å². The summed E-state index contributed by atoms with van der Waals surface area (Å²) in [6.45, 7) is 10.1. The van der Waals surface area contributed by atoms with Crippen LogP contribution in [0.4, 0.5) is 0 Å². The van der Waals surface area contributed by atoms with Crippen molar-refractivity contribution in [3.8, 4) is 0 Å². The van der Waals surface area contributed by atoms with Crippen LogP contribution in [0.3, 0.4) is 0 Å². The van der Waals surface area contributed by atoms with Crippen molar-refractivity contribution in [1.29, 1.82) is 0 Å². The molecule has 1 aliphatic rings. The Hall–Kier alpha value is -0.860. The predicted octanol–water partition coefficient (Wildman–Crippen LogP) is 2.54. The summed E-state index contributed by atoms with van der Waals surface area (Å²) in [5.41, 5.74) is -0.298. The standard InChI is InChI=1S/C14H25NO2/c1-13(2,3)11(16)9-15-12(17)10-7-6-8-14(10,4)5/h10H,6-9H2,1-5H3,(H,15,17). The zero-order valence-electron chi connectivity index (χ0n) is 11.7. The van der Waals surface area contributed by atoms with Gasteiger partial charge in [-0.1, -0.05) is 41.0 Å². The maximum absolute atomic E-state index is 12.0. The number of Topliss-reactive ketones (excluding diaryl/α,β-unsaturated/α-hetero) is 1. The van der Waals surface area contributed by atoms with E-state index in [4.69, 9.17) is 0 Å². The molecule has 1 fully saturated rings. The van der Waals surface area contributed by atoms with Gasteiger partial charge in [0, 0.05) is 11.3 Å². The van der Waals surface area contributed by atoms with Crippen molar-refractivity contribution in [3.63, 3.8) is 0 Å². The molecule has 0 aromatic heterocycles. The topological polar surface area (TPSA) is 46.2 Å². The molecule has 98 valence electrons. The second-order valence-electron chi connectivity index (χ2n) is 6.82. The molecule has 0 heterocycles. The van der Waals surface area contributed by atoms with Gasteiger partial charge in [-0.25, -0.2) is 0 Å². The fourth-order valence-corrected chi connectivity index (χ4v) is 2.37. The summed E-state index contributed by atoms with van der Waals surface area (Å²) in [7, 11) is 0. The fraction of sp³-hybridized carbons (Fsp3) is 0.857. The summed E-state index contributed by atoms with van der Waals surface area (Å²) in [6.07, 6.45) is 3.15. The zero-order valence-corrected chi connectivity index (χ0v) is 11.7. The van der Waals surface area contributed by atoms with Gasteiger partial charge in [-0.3, -0.25) is 9.59 Å². The first-order chi connectivity index (χ1) is 7.64. The van der Waals surface area contributed by atoms with E-state index in [1.165, 1.54) is 0 Å². The molecule has 0 aromatic rings. The fourth-order valence-electron chi connectivity index (χ4n) is 2.37. The van der Waals surface area contributed by atoms with Gasteiger partial charge in [0.1, 0.15) is 0 Å². The molecule has 17 heavy (non-hydrogen) atoms. The van der Waals surface area contributed by atoms with E-state index in [0.29, 0.717) is 0 Å². The lowest BCUT2D eigenvalue weighted by Gasteiger charge is -2.26. The lowest BCUT2D eigenvalue weighted by molar-refractivity contribution is -0.132. The van der Waals surface area contributed by atoms with Crippen LogP contribution in [-0.2, 0) is 9.59 Å². The van der Waals surface area contributed by atoms with Crippen molar-refractivity contribution in [2.24, 2.45) is 16.7 Å². The number of nitrogens with one attached hydrogen (secondary N) is 1. The average Bonchev–Trinajstić information content (AvgIpc) is 2.52. The third kappa shape index (κ3) is 3.55. The molecule has 0 radical (unpaired) electrons. The van der Waals surface area contributed by atoms with E-state index in [9.17, 15) is 9.59 Å². The van der Waals surface area contributed by atoms with E-state index in [-0.39, 0.29) is 35.0 Å². The van der Waals surface area contributed by atoms with Crippen molar-refractivity contribution in [2.75, 3.05) is 6.54 Å². The Morgan fingerprint density at radius 1 is 1.29 bits per heavy atom. The van der Waals surface area contributed by atoms with E-state index in [2.05, 4.69) is 19.2 Å². The average molecular weight is 239 g/mol. The molecule has 1 saturated carbocycles. The summed E-state index contributed by atoms with van der Waals surface area (Å²) >= 11 is 0. The summed E-state index contributed by atoms with van der Waals surface area (Å²) < 4.78 is 0. The molecule has 1 atom stereocenters. The Labute approximate surface area is 104 Å². The van der Waals surface area contributed by atoms with Gasteiger partial charge in [0.15, 0.2) is 5.78 Å². The molecule has 3 nitrogen and oxygen atoms in total. The van der Waals surface area contributed by atoms with Crippen molar-refractivity contribution >= 4 is 11.7 Å². The molecule has 1 amide bonds. The van der Waals surface area contributed by atoms with Gasteiger partial charge in [-0.2, -0.15) is 0 Å². The lowest BCUT2D eigenvalue weighted by Crippen LogP contribution is -2.41. The van der Waals surface area contributed by atoms with Crippen molar-refractivity contribution < 1.29 is 9.59 Å². The van der Waals surface area contributed by atoms with Gasteiger partial charge < -0.3 is 5.32 Å². The molecule has 1 unspecified atom stereocenters. The minimum Gasteiger partial charge on any atom is -0.349 e. The number of rotatable bonds is 3. The van der Waals surface area contributed by atoms with Crippen LogP contribution in [0.2, 0.25) is 0 Å². The second kappa shape index (κ2) is 4.79. The van der Waals surface area contributed by atoms with Crippen LogP contribution in [0.1, 0.15) is 53.9 Å². The van der Waals surface area contributed by atoms with Gasteiger partial charge in [0.2, 0.25) is 5.91 Å². The Morgan fingerprint density at radius 2 is 1.88 bits per heavy atom. The summed E-state index contributed by atoms with van der Waals surface area (Å²) in [5.74, 6) is 0.196. The van der Waals surface area contributed by atoms with E-state index >= 15 is 0 Å². The second-order valence-corrected chi connectivity index (χ2v) is 6.82. The highest BCUT2D eigenvalue weighted by atomic mass is 16.2. The highest BCUT2D eigenvalue weighted by Gasteiger charge is 2.39. The first-order valence-corrected chi connectivity index (χ1v) is 6.45. The molecular formula is C14H25NO2. The van der Waals surface area contributed by atoms with Crippen LogP contribution in [0.25, 0.3) is 0 Å². The maximum atomic E-state index is 12.0. The van der Waals surface area contributed by atoms with Gasteiger partial charge in [0.25, 0.3) is 0 Å². The smallest absolute Gasteiger partial charge is 0.224 e. The summed E-state index contributed by atoms with van der Waals surface area (Å²) in [4.78, 5) is 23.8. The Bertz CT molecular complexity index is 313. The number of ketones is 1. The molecule has 0 saturated heterocycles. The van der Waals surface area contributed by atoms with Crippen LogP contribution in [0, 0.1) is 16.7 Å². The quantitative estimate of drug-likeness (QED) is 0.822. The normalized spacial score (nSPS) is 23.5. The predicted molar refractivity (Wildman–Crippen MR) is 68.6 cm³/mol. The number of carbonyl (C=O) groups excluding carboxylic acids is 2. The van der Waals surface area contributed by atoms with Crippen molar-refractivity contribution in [2.45, 2.75) is 53.9 Å². The first-order valence-electron chi connectivity index (χ1n) is 6.45.